The molecule has 150 valence electrons. The van der Waals surface area contributed by atoms with Gasteiger partial charge < -0.3 is 25.5 Å². The first-order chi connectivity index (χ1) is 13.4. The minimum Gasteiger partial charge on any atom is -0.480 e. The molecule has 1 aromatic carbocycles. The van der Waals surface area contributed by atoms with Crippen LogP contribution in [-0.4, -0.2) is 45.1 Å². The second kappa shape index (κ2) is 10.1. The summed E-state index contributed by atoms with van der Waals surface area (Å²) in [4.78, 5) is 42.9. The molecule has 0 fully saturated rings. The van der Waals surface area contributed by atoms with Crippen molar-refractivity contribution in [2.24, 2.45) is 5.92 Å². The summed E-state index contributed by atoms with van der Waals surface area (Å²) in [7, 11) is 0. The average Bonchev–Trinajstić information content (AvgIpc) is 3.17. The number of nitrogens with one attached hydrogen (secondary N) is 3. The minimum absolute atomic E-state index is 0.0504. The smallest absolute Gasteiger partial charge is 0.408 e. The highest BCUT2D eigenvalue weighted by Crippen LogP contribution is 2.06. The van der Waals surface area contributed by atoms with Crippen molar-refractivity contribution in [2.75, 3.05) is 0 Å². The maximum atomic E-state index is 12.6. The zero-order valence-electron chi connectivity index (χ0n) is 15.7. The maximum Gasteiger partial charge on any atom is 0.408 e. The van der Waals surface area contributed by atoms with Gasteiger partial charge in [-0.05, 0) is 11.5 Å². The van der Waals surface area contributed by atoms with Crippen molar-refractivity contribution < 1.29 is 24.2 Å². The topological polar surface area (TPSA) is 133 Å². The molecule has 2 unspecified atom stereocenters. The van der Waals surface area contributed by atoms with Crippen LogP contribution in [0.25, 0.3) is 0 Å². The quantitative estimate of drug-likeness (QED) is 0.514. The molecule has 1 heterocycles. The summed E-state index contributed by atoms with van der Waals surface area (Å²) in [6.07, 6.45) is 2.30. The number of aromatic nitrogens is 2. The van der Waals surface area contributed by atoms with Crippen LogP contribution in [-0.2, 0) is 27.4 Å². The van der Waals surface area contributed by atoms with Crippen LogP contribution in [0.5, 0.6) is 0 Å². The number of hydrogen-bond donors (Lipinski definition) is 4. The van der Waals surface area contributed by atoms with E-state index >= 15 is 0 Å². The number of hydrogen-bond acceptors (Lipinski definition) is 5. The van der Waals surface area contributed by atoms with Gasteiger partial charge in [0.1, 0.15) is 18.7 Å². The molecule has 2 aromatic rings. The molecule has 1 aromatic heterocycles. The van der Waals surface area contributed by atoms with Crippen molar-refractivity contribution in [1.82, 2.24) is 20.6 Å². The number of nitrogens with zero attached hydrogens (tertiary/aromatic N) is 1. The van der Waals surface area contributed by atoms with Crippen LogP contribution in [0.3, 0.4) is 0 Å². The largest absolute Gasteiger partial charge is 0.480 e. The first-order valence-electron chi connectivity index (χ1n) is 8.84. The summed E-state index contributed by atoms with van der Waals surface area (Å²) in [5.74, 6) is -2.08. The summed E-state index contributed by atoms with van der Waals surface area (Å²) < 4.78 is 5.16. The molecule has 9 heteroatoms. The third-order valence-electron chi connectivity index (χ3n) is 4.03. The molecule has 0 radical (unpaired) electrons. The third-order valence-corrected chi connectivity index (χ3v) is 4.03. The van der Waals surface area contributed by atoms with Gasteiger partial charge in [-0.15, -0.1) is 0 Å². The van der Waals surface area contributed by atoms with Gasteiger partial charge in [0.15, 0.2) is 0 Å². The molecule has 28 heavy (non-hydrogen) atoms. The van der Waals surface area contributed by atoms with Crippen molar-refractivity contribution in [2.45, 2.75) is 39.0 Å². The Morgan fingerprint density at radius 2 is 1.89 bits per heavy atom. The van der Waals surface area contributed by atoms with E-state index in [2.05, 4.69) is 20.6 Å². The number of aromatic amines is 1. The first-order valence-corrected chi connectivity index (χ1v) is 8.84. The molecular formula is C19H24N4O5. The number of carbonyl (C=O) groups is 3. The molecule has 2 rings (SSSR count). The van der Waals surface area contributed by atoms with Gasteiger partial charge in [-0.25, -0.2) is 14.6 Å². The van der Waals surface area contributed by atoms with Gasteiger partial charge >= 0.3 is 12.1 Å². The normalized spacial score (nSPS) is 12.8. The van der Waals surface area contributed by atoms with Gasteiger partial charge in [0.05, 0.1) is 6.33 Å². The Hall–Kier alpha value is -3.36. The number of aliphatic carboxylic acids is 1. The van der Waals surface area contributed by atoms with E-state index in [-0.39, 0.29) is 18.9 Å². The molecule has 0 aliphatic carbocycles. The molecular weight excluding hydrogens is 364 g/mol. The molecule has 0 bridgehead atoms. The molecule has 0 aliphatic rings. The van der Waals surface area contributed by atoms with Gasteiger partial charge in [0, 0.05) is 18.3 Å². The average molecular weight is 388 g/mol. The van der Waals surface area contributed by atoms with Gasteiger partial charge in [-0.1, -0.05) is 44.2 Å². The number of carboxylic acid groups (broad SMARTS) is 1. The Bertz CT molecular complexity index is 777. The van der Waals surface area contributed by atoms with Crippen LogP contribution in [0.2, 0.25) is 0 Å². The Kier molecular flexibility index (Phi) is 7.55. The van der Waals surface area contributed by atoms with Crippen molar-refractivity contribution in [3.8, 4) is 0 Å². The summed E-state index contributed by atoms with van der Waals surface area (Å²) in [5, 5.41) is 14.2. The maximum absolute atomic E-state index is 12.6. The van der Waals surface area contributed by atoms with Crippen molar-refractivity contribution >= 4 is 18.0 Å². The highest BCUT2D eigenvalue weighted by Gasteiger charge is 2.29. The summed E-state index contributed by atoms with van der Waals surface area (Å²) in [6.45, 7) is 3.42. The van der Waals surface area contributed by atoms with Gasteiger partial charge in [-0.2, -0.15) is 0 Å². The lowest BCUT2D eigenvalue weighted by atomic mass is 10.0. The predicted octanol–water partition coefficient (Wildman–Crippen LogP) is 1.47. The Balaban J connectivity index is 2.02. The van der Waals surface area contributed by atoms with E-state index in [1.54, 1.807) is 13.8 Å². The van der Waals surface area contributed by atoms with E-state index in [9.17, 15) is 19.5 Å². The number of imidazole rings is 1. The number of H-pyrrole nitrogens is 1. The number of carbonyl (C=O) groups excluding carboxylic acids is 2. The van der Waals surface area contributed by atoms with E-state index in [4.69, 9.17) is 4.74 Å². The first kappa shape index (κ1) is 20.9. The number of amides is 2. The van der Waals surface area contributed by atoms with E-state index in [0.717, 1.165) is 5.56 Å². The lowest BCUT2D eigenvalue weighted by Gasteiger charge is -2.22. The predicted molar refractivity (Wildman–Crippen MR) is 100 cm³/mol. The molecule has 9 nitrogen and oxygen atoms in total. The molecule has 2 atom stereocenters. The van der Waals surface area contributed by atoms with E-state index in [0.29, 0.717) is 5.69 Å². The monoisotopic (exact) mass is 388 g/mol. The second-order valence-corrected chi connectivity index (χ2v) is 6.61. The molecule has 0 spiro atoms. The number of ether oxygens (including phenoxy) is 1. The van der Waals surface area contributed by atoms with Crippen molar-refractivity contribution in [3.05, 3.63) is 54.1 Å². The SMILES string of the molecule is CC(C)C(NC(=O)C(Cc1cnc[nH]1)NC(=O)OCc1ccccc1)C(=O)O. The second-order valence-electron chi connectivity index (χ2n) is 6.61. The standard InChI is InChI=1S/C19H24N4O5/c1-12(2)16(18(25)26)23-17(24)15(8-14-9-20-11-21-14)22-19(27)28-10-13-6-4-3-5-7-13/h3-7,9,11-12,15-16H,8,10H2,1-2H3,(H,20,21)(H,22,27)(H,23,24)(H,25,26). The van der Waals surface area contributed by atoms with Gasteiger partial charge in [0.25, 0.3) is 0 Å². The minimum atomic E-state index is -1.14. The molecule has 0 saturated carbocycles. The fourth-order valence-corrected chi connectivity index (χ4v) is 2.50. The highest BCUT2D eigenvalue weighted by molar-refractivity contribution is 5.89. The Morgan fingerprint density at radius 1 is 1.18 bits per heavy atom. The molecule has 4 N–H and O–H groups in total. The van der Waals surface area contributed by atoms with Crippen LogP contribution in [0.15, 0.2) is 42.9 Å². The molecule has 0 aliphatic heterocycles. The number of carboxylic acids is 1. The molecule has 0 saturated heterocycles. The van der Waals surface area contributed by atoms with E-state index < -0.39 is 30.1 Å². The van der Waals surface area contributed by atoms with Crippen molar-refractivity contribution in [1.29, 1.82) is 0 Å². The zero-order valence-corrected chi connectivity index (χ0v) is 15.7. The van der Waals surface area contributed by atoms with Gasteiger partial charge in [0.2, 0.25) is 5.91 Å². The van der Waals surface area contributed by atoms with Gasteiger partial charge in [-0.3, -0.25) is 4.79 Å². The number of rotatable bonds is 9. The van der Waals surface area contributed by atoms with Crippen LogP contribution in [0, 0.1) is 5.92 Å². The highest BCUT2D eigenvalue weighted by atomic mass is 16.5. The Labute approximate surface area is 162 Å². The van der Waals surface area contributed by atoms with Crippen LogP contribution in [0.4, 0.5) is 4.79 Å². The lowest BCUT2D eigenvalue weighted by Crippen LogP contribution is -2.54. The Morgan fingerprint density at radius 3 is 2.46 bits per heavy atom. The van der Waals surface area contributed by atoms with E-state index in [1.165, 1.54) is 12.5 Å². The fraction of sp³-hybridized carbons (Fsp3) is 0.368. The lowest BCUT2D eigenvalue weighted by molar-refractivity contribution is -0.143. The van der Waals surface area contributed by atoms with E-state index in [1.807, 2.05) is 30.3 Å². The summed E-state index contributed by atoms with van der Waals surface area (Å²) in [5.41, 5.74) is 1.41. The van der Waals surface area contributed by atoms with Crippen LogP contribution in [0.1, 0.15) is 25.1 Å². The van der Waals surface area contributed by atoms with Crippen LogP contribution < -0.4 is 10.6 Å². The number of alkyl carbamates (subject to hydrolysis) is 1. The van der Waals surface area contributed by atoms with Crippen LogP contribution >= 0.6 is 0 Å². The summed E-state index contributed by atoms with van der Waals surface area (Å²) in [6, 6.07) is 7.02. The van der Waals surface area contributed by atoms with Crippen molar-refractivity contribution in [3.63, 3.8) is 0 Å². The summed E-state index contributed by atoms with van der Waals surface area (Å²) >= 11 is 0. The number of benzene rings is 1. The fourth-order valence-electron chi connectivity index (χ4n) is 2.50. The molecule has 2 amide bonds. The zero-order chi connectivity index (χ0) is 20.5. The third kappa shape index (κ3) is 6.42.